The van der Waals surface area contributed by atoms with Gasteiger partial charge >= 0.3 is 0 Å². The minimum atomic E-state index is -0.0145. The number of carbonyl (C=O) groups is 1. The molecule has 0 saturated carbocycles. The molecule has 0 aliphatic heterocycles. The van der Waals surface area contributed by atoms with Crippen molar-refractivity contribution in [1.29, 1.82) is 0 Å². The molecule has 0 bridgehead atoms. The Hall–Kier alpha value is -1.75. The van der Waals surface area contributed by atoms with Crippen molar-refractivity contribution in [2.24, 2.45) is 0 Å². The van der Waals surface area contributed by atoms with Crippen molar-refractivity contribution < 1.29 is 14.3 Å². The quantitative estimate of drug-likeness (QED) is 0.745. The molecule has 1 rings (SSSR count). The van der Waals surface area contributed by atoms with Gasteiger partial charge in [-0.25, -0.2) is 0 Å². The fourth-order valence-corrected chi connectivity index (χ4v) is 1.64. The van der Waals surface area contributed by atoms with E-state index in [2.05, 4.69) is 10.6 Å². The van der Waals surface area contributed by atoms with Crippen LogP contribution in [0, 0.1) is 0 Å². The van der Waals surface area contributed by atoms with Crippen molar-refractivity contribution in [3.8, 4) is 11.5 Å². The first-order chi connectivity index (χ1) is 8.71. The highest BCUT2D eigenvalue weighted by Gasteiger charge is 2.05. The summed E-state index contributed by atoms with van der Waals surface area (Å²) in [4.78, 5) is 11.3. The zero-order chi connectivity index (χ0) is 13.4. The lowest BCUT2D eigenvalue weighted by Crippen LogP contribution is -2.33. The highest BCUT2D eigenvalue weighted by atomic mass is 16.5. The van der Waals surface area contributed by atoms with Crippen LogP contribution < -0.4 is 20.1 Å². The Bertz CT molecular complexity index is 394. The van der Waals surface area contributed by atoms with E-state index in [9.17, 15) is 4.79 Å². The van der Waals surface area contributed by atoms with Crippen LogP contribution in [0.15, 0.2) is 18.2 Å². The smallest absolute Gasteiger partial charge is 0.233 e. The summed E-state index contributed by atoms with van der Waals surface area (Å²) in [6.45, 7) is 0.902. The molecule has 0 atom stereocenters. The Morgan fingerprint density at radius 1 is 1.28 bits per heavy atom. The molecule has 5 nitrogen and oxygen atoms in total. The zero-order valence-corrected chi connectivity index (χ0v) is 11.1. The van der Waals surface area contributed by atoms with Crippen molar-refractivity contribution in [3.63, 3.8) is 0 Å². The molecule has 1 aromatic rings. The minimum absolute atomic E-state index is 0.0145. The molecule has 0 heterocycles. The Labute approximate surface area is 107 Å². The van der Waals surface area contributed by atoms with Crippen LogP contribution in [-0.4, -0.2) is 40.3 Å². The second-order valence-corrected chi connectivity index (χ2v) is 3.81. The summed E-state index contributed by atoms with van der Waals surface area (Å²) in [6, 6.07) is 5.63. The van der Waals surface area contributed by atoms with Gasteiger partial charge in [0.15, 0.2) is 0 Å². The summed E-state index contributed by atoms with van der Waals surface area (Å²) in [5, 5.41) is 5.62. The first-order valence-electron chi connectivity index (χ1n) is 5.83. The van der Waals surface area contributed by atoms with Gasteiger partial charge in [-0.15, -0.1) is 0 Å². The normalized spacial score (nSPS) is 9.94. The SMILES string of the molecule is CNCC(=O)NCCc1cc(OC)ccc1OC. The number of methoxy groups -OCH3 is 2. The largest absolute Gasteiger partial charge is 0.497 e. The maximum Gasteiger partial charge on any atom is 0.233 e. The Balaban J connectivity index is 2.57. The van der Waals surface area contributed by atoms with Crippen molar-refractivity contribution >= 4 is 5.91 Å². The molecule has 0 unspecified atom stereocenters. The molecule has 0 aliphatic carbocycles. The van der Waals surface area contributed by atoms with Gasteiger partial charge in [-0.3, -0.25) is 4.79 Å². The molecule has 0 spiro atoms. The van der Waals surface area contributed by atoms with Gasteiger partial charge in [0.2, 0.25) is 5.91 Å². The molecule has 18 heavy (non-hydrogen) atoms. The molecule has 0 aromatic heterocycles. The number of hydrogen-bond donors (Lipinski definition) is 2. The van der Waals surface area contributed by atoms with Gasteiger partial charge in [0.05, 0.1) is 20.8 Å². The van der Waals surface area contributed by atoms with E-state index >= 15 is 0 Å². The molecule has 0 fully saturated rings. The summed E-state index contributed by atoms with van der Waals surface area (Å²) in [5.41, 5.74) is 1.02. The van der Waals surface area contributed by atoms with Crippen LogP contribution in [-0.2, 0) is 11.2 Å². The average Bonchev–Trinajstić information content (AvgIpc) is 2.39. The molecular weight excluding hydrogens is 232 g/mol. The number of hydrogen-bond acceptors (Lipinski definition) is 4. The van der Waals surface area contributed by atoms with Crippen LogP contribution in [0.3, 0.4) is 0 Å². The van der Waals surface area contributed by atoms with Gasteiger partial charge in [0.25, 0.3) is 0 Å². The second-order valence-electron chi connectivity index (χ2n) is 3.81. The number of rotatable bonds is 7. The third-order valence-electron chi connectivity index (χ3n) is 2.54. The van der Waals surface area contributed by atoms with Gasteiger partial charge in [-0.2, -0.15) is 0 Å². The van der Waals surface area contributed by atoms with Crippen molar-refractivity contribution in [2.75, 3.05) is 34.4 Å². The number of benzene rings is 1. The van der Waals surface area contributed by atoms with Crippen LogP contribution >= 0.6 is 0 Å². The number of ether oxygens (including phenoxy) is 2. The maximum atomic E-state index is 11.3. The van der Waals surface area contributed by atoms with Gasteiger partial charge in [-0.1, -0.05) is 0 Å². The molecular formula is C13H20N2O3. The molecule has 1 aromatic carbocycles. The van der Waals surface area contributed by atoms with Crippen LogP contribution in [0.1, 0.15) is 5.56 Å². The third kappa shape index (κ3) is 4.25. The highest BCUT2D eigenvalue weighted by molar-refractivity contribution is 5.77. The number of nitrogens with one attached hydrogen (secondary N) is 2. The van der Waals surface area contributed by atoms with Gasteiger partial charge in [-0.05, 0) is 37.2 Å². The topological polar surface area (TPSA) is 59.6 Å². The van der Waals surface area contributed by atoms with Crippen LogP contribution in [0.25, 0.3) is 0 Å². The molecule has 100 valence electrons. The van der Waals surface area contributed by atoms with E-state index in [-0.39, 0.29) is 5.91 Å². The summed E-state index contributed by atoms with van der Waals surface area (Å²) in [6.07, 6.45) is 0.704. The summed E-state index contributed by atoms with van der Waals surface area (Å²) in [5.74, 6) is 1.57. The maximum absolute atomic E-state index is 11.3. The lowest BCUT2D eigenvalue weighted by atomic mass is 10.1. The van der Waals surface area contributed by atoms with Crippen LogP contribution in [0.5, 0.6) is 11.5 Å². The van der Waals surface area contributed by atoms with E-state index in [1.165, 1.54) is 0 Å². The van der Waals surface area contributed by atoms with E-state index in [0.29, 0.717) is 19.5 Å². The number of carbonyl (C=O) groups excluding carboxylic acids is 1. The van der Waals surface area contributed by atoms with E-state index in [4.69, 9.17) is 9.47 Å². The number of amides is 1. The fourth-order valence-electron chi connectivity index (χ4n) is 1.64. The summed E-state index contributed by atoms with van der Waals surface area (Å²) < 4.78 is 10.4. The third-order valence-corrected chi connectivity index (χ3v) is 2.54. The van der Waals surface area contributed by atoms with Gasteiger partial charge < -0.3 is 20.1 Å². The molecule has 2 N–H and O–H groups in total. The standard InChI is InChI=1S/C13H20N2O3/c1-14-9-13(16)15-7-6-10-8-11(17-2)4-5-12(10)18-3/h4-5,8,14H,6-7,9H2,1-3H3,(H,15,16). The molecule has 0 radical (unpaired) electrons. The Kier molecular flexibility index (Phi) is 6.00. The lowest BCUT2D eigenvalue weighted by Gasteiger charge is -2.11. The molecule has 0 aliphatic rings. The predicted molar refractivity (Wildman–Crippen MR) is 70.2 cm³/mol. The summed E-state index contributed by atoms with van der Waals surface area (Å²) >= 11 is 0. The summed E-state index contributed by atoms with van der Waals surface area (Å²) in [7, 11) is 5.00. The van der Waals surface area contributed by atoms with E-state index in [1.54, 1.807) is 21.3 Å². The highest BCUT2D eigenvalue weighted by Crippen LogP contribution is 2.23. The Morgan fingerprint density at radius 3 is 2.67 bits per heavy atom. The van der Waals surface area contributed by atoms with E-state index in [0.717, 1.165) is 17.1 Å². The zero-order valence-electron chi connectivity index (χ0n) is 11.1. The monoisotopic (exact) mass is 252 g/mol. The first-order valence-corrected chi connectivity index (χ1v) is 5.83. The van der Waals surface area contributed by atoms with Crippen LogP contribution in [0.2, 0.25) is 0 Å². The van der Waals surface area contributed by atoms with Crippen molar-refractivity contribution in [3.05, 3.63) is 23.8 Å². The minimum Gasteiger partial charge on any atom is -0.497 e. The van der Waals surface area contributed by atoms with Gasteiger partial charge in [0, 0.05) is 6.54 Å². The molecule has 5 heteroatoms. The molecule has 0 saturated heterocycles. The molecule has 1 amide bonds. The van der Waals surface area contributed by atoms with Crippen LogP contribution in [0.4, 0.5) is 0 Å². The Morgan fingerprint density at radius 2 is 2.06 bits per heavy atom. The number of likely N-dealkylation sites (N-methyl/N-ethyl adjacent to an activating group) is 1. The van der Waals surface area contributed by atoms with E-state index < -0.39 is 0 Å². The van der Waals surface area contributed by atoms with E-state index in [1.807, 2.05) is 18.2 Å². The predicted octanol–water partition coefficient (Wildman–Crippen LogP) is 0.582. The lowest BCUT2D eigenvalue weighted by molar-refractivity contribution is -0.120. The van der Waals surface area contributed by atoms with Crippen molar-refractivity contribution in [2.45, 2.75) is 6.42 Å². The van der Waals surface area contributed by atoms with Crippen molar-refractivity contribution in [1.82, 2.24) is 10.6 Å². The average molecular weight is 252 g/mol. The van der Waals surface area contributed by atoms with Gasteiger partial charge in [0.1, 0.15) is 11.5 Å². The fraction of sp³-hybridized carbons (Fsp3) is 0.462. The second kappa shape index (κ2) is 7.55. The first kappa shape index (κ1) is 14.3.